The molecule has 1 aliphatic rings. The second-order valence-electron chi connectivity index (χ2n) is 4.79. The summed E-state index contributed by atoms with van der Waals surface area (Å²) in [5, 5.41) is 4.48. The molecule has 1 saturated carbocycles. The van der Waals surface area contributed by atoms with Gasteiger partial charge in [0.2, 0.25) is 0 Å². The van der Waals surface area contributed by atoms with Crippen LogP contribution in [0.4, 0.5) is 0 Å². The molecule has 0 aromatic carbocycles. The van der Waals surface area contributed by atoms with Crippen molar-refractivity contribution in [3.8, 4) is 0 Å². The Morgan fingerprint density at radius 2 is 2.13 bits per heavy atom. The van der Waals surface area contributed by atoms with Crippen molar-refractivity contribution in [3.63, 3.8) is 0 Å². The molecular weight excluding hydrogens is 186 g/mol. The van der Waals surface area contributed by atoms with Gasteiger partial charge in [0.05, 0.1) is 5.69 Å². The molecule has 0 spiro atoms. The summed E-state index contributed by atoms with van der Waals surface area (Å²) in [6.07, 6.45) is 2.31. The van der Waals surface area contributed by atoms with Crippen LogP contribution in [0.5, 0.6) is 0 Å². The minimum Gasteiger partial charge on any atom is -0.327 e. The predicted molar refractivity (Wildman–Crippen MR) is 61.8 cm³/mol. The van der Waals surface area contributed by atoms with Crippen LogP contribution in [-0.4, -0.2) is 15.8 Å². The third-order valence-corrected chi connectivity index (χ3v) is 4.00. The average molecular weight is 207 g/mol. The third-order valence-electron chi connectivity index (χ3n) is 4.00. The van der Waals surface area contributed by atoms with Crippen molar-refractivity contribution in [3.05, 3.63) is 17.0 Å². The van der Waals surface area contributed by atoms with E-state index in [0.29, 0.717) is 17.9 Å². The first-order valence-corrected chi connectivity index (χ1v) is 5.81. The Bertz CT molecular complexity index is 367. The molecule has 3 atom stereocenters. The predicted octanol–water partition coefficient (Wildman–Crippen LogP) is 1.88. The highest BCUT2D eigenvalue weighted by molar-refractivity contribution is 5.32. The molecule has 3 unspecified atom stereocenters. The molecule has 1 aliphatic carbocycles. The Hall–Kier alpha value is -0.830. The van der Waals surface area contributed by atoms with Gasteiger partial charge in [0.15, 0.2) is 0 Å². The first kappa shape index (κ1) is 10.7. The molecule has 0 amide bonds. The smallest absolute Gasteiger partial charge is 0.0631 e. The van der Waals surface area contributed by atoms with Gasteiger partial charge < -0.3 is 5.73 Å². The number of nitrogens with zero attached hydrogens (tertiary/aromatic N) is 2. The number of aromatic nitrogens is 2. The zero-order chi connectivity index (χ0) is 11.2. The zero-order valence-corrected chi connectivity index (χ0v) is 10.1. The van der Waals surface area contributed by atoms with Gasteiger partial charge in [-0.2, -0.15) is 5.10 Å². The molecule has 2 N–H and O–H groups in total. The molecule has 0 saturated heterocycles. The number of hydrogen-bond donors (Lipinski definition) is 1. The summed E-state index contributed by atoms with van der Waals surface area (Å²) in [6, 6.07) is 0.402. The lowest BCUT2D eigenvalue weighted by molar-refractivity contribution is 0.197. The van der Waals surface area contributed by atoms with Gasteiger partial charge in [-0.15, -0.1) is 0 Å². The van der Waals surface area contributed by atoms with E-state index < -0.39 is 0 Å². The largest absolute Gasteiger partial charge is 0.327 e. The van der Waals surface area contributed by atoms with Gasteiger partial charge in [0.25, 0.3) is 0 Å². The van der Waals surface area contributed by atoms with E-state index in [4.69, 9.17) is 5.73 Å². The summed E-state index contributed by atoms with van der Waals surface area (Å²) >= 11 is 0. The topological polar surface area (TPSA) is 43.8 Å². The van der Waals surface area contributed by atoms with E-state index in [9.17, 15) is 0 Å². The van der Waals surface area contributed by atoms with E-state index in [1.165, 1.54) is 23.4 Å². The van der Waals surface area contributed by atoms with Crippen LogP contribution in [-0.2, 0) is 7.05 Å². The van der Waals surface area contributed by atoms with Gasteiger partial charge in [-0.1, -0.05) is 13.3 Å². The summed E-state index contributed by atoms with van der Waals surface area (Å²) in [5.41, 5.74) is 9.98. The van der Waals surface area contributed by atoms with Crippen molar-refractivity contribution in [1.82, 2.24) is 9.78 Å². The van der Waals surface area contributed by atoms with Crippen molar-refractivity contribution < 1.29 is 0 Å². The maximum atomic E-state index is 6.04. The molecule has 2 rings (SSSR count). The quantitative estimate of drug-likeness (QED) is 0.804. The molecule has 15 heavy (non-hydrogen) atoms. The molecule has 0 bridgehead atoms. The first-order chi connectivity index (χ1) is 7.06. The van der Waals surface area contributed by atoms with Gasteiger partial charge in [-0.25, -0.2) is 0 Å². The third kappa shape index (κ3) is 1.49. The van der Waals surface area contributed by atoms with Crippen LogP contribution in [0.2, 0.25) is 0 Å². The number of hydrogen-bond acceptors (Lipinski definition) is 2. The molecule has 3 nitrogen and oxygen atoms in total. The maximum Gasteiger partial charge on any atom is 0.0631 e. The van der Waals surface area contributed by atoms with Gasteiger partial charge in [0.1, 0.15) is 0 Å². The average Bonchev–Trinajstić information content (AvgIpc) is 2.39. The van der Waals surface area contributed by atoms with Crippen LogP contribution < -0.4 is 5.73 Å². The highest BCUT2D eigenvalue weighted by atomic mass is 15.3. The summed E-state index contributed by atoms with van der Waals surface area (Å²) in [4.78, 5) is 0. The van der Waals surface area contributed by atoms with E-state index in [0.717, 1.165) is 6.42 Å². The van der Waals surface area contributed by atoms with E-state index in [1.54, 1.807) is 0 Å². The molecule has 0 aliphatic heterocycles. The molecule has 1 heterocycles. The van der Waals surface area contributed by atoms with Crippen LogP contribution in [0.25, 0.3) is 0 Å². The lowest BCUT2D eigenvalue weighted by Gasteiger charge is -2.42. The fraction of sp³-hybridized carbons (Fsp3) is 0.750. The minimum atomic E-state index is 0.402. The molecule has 0 radical (unpaired) electrons. The zero-order valence-electron chi connectivity index (χ0n) is 10.1. The fourth-order valence-corrected chi connectivity index (χ4v) is 2.99. The Balaban J connectivity index is 2.31. The van der Waals surface area contributed by atoms with Crippen molar-refractivity contribution in [1.29, 1.82) is 0 Å². The fourth-order valence-electron chi connectivity index (χ4n) is 2.99. The normalized spacial score (nSPS) is 30.3. The molecule has 3 heteroatoms. The van der Waals surface area contributed by atoms with Gasteiger partial charge in [-0.3, -0.25) is 4.68 Å². The molecule has 1 aromatic heterocycles. The molecule has 1 fully saturated rings. The minimum absolute atomic E-state index is 0.402. The number of aryl methyl sites for hydroxylation is 2. The Morgan fingerprint density at radius 1 is 1.47 bits per heavy atom. The molecular formula is C12H21N3. The summed E-state index contributed by atoms with van der Waals surface area (Å²) < 4.78 is 1.99. The van der Waals surface area contributed by atoms with E-state index >= 15 is 0 Å². The summed E-state index contributed by atoms with van der Waals surface area (Å²) in [5.74, 6) is 1.31. The number of rotatable bonds is 2. The van der Waals surface area contributed by atoms with E-state index in [1.807, 2.05) is 11.7 Å². The Kier molecular flexibility index (Phi) is 2.59. The standard InChI is InChI=1S/C12H21N3/c1-5-9-10(6-11(9)13)12-7(2)14-15(4)8(12)3/h9-11H,5-6,13H2,1-4H3. The second-order valence-corrected chi connectivity index (χ2v) is 4.79. The van der Waals surface area contributed by atoms with Gasteiger partial charge in [-0.05, 0) is 37.7 Å². The molecule has 1 aromatic rings. The van der Waals surface area contributed by atoms with Crippen molar-refractivity contribution in [2.45, 2.75) is 45.6 Å². The van der Waals surface area contributed by atoms with Crippen molar-refractivity contribution in [2.24, 2.45) is 18.7 Å². The van der Waals surface area contributed by atoms with Crippen LogP contribution in [0.15, 0.2) is 0 Å². The highest BCUT2D eigenvalue weighted by Crippen LogP contribution is 2.45. The molecule has 84 valence electrons. The van der Waals surface area contributed by atoms with Crippen molar-refractivity contribution >= 4 is 0 Å². The van der Waals surface area contributed by atoms with E-state index in [-0.39, 0.29) is 0 Å². The van der Waals surface area contributed by atoms with Gasteiger partial charge >= 0.3 is 0 Å². The van der Waals surface area contributed by atoms with E-state index in [2.05, 4.69) is 25.9 Å². The van der Waals surface area contributed by atoms with Crippen molar-refractivity contribution in [2.75, 3.05) is 0 Å². The first-order valence-electron chi connectivity index (χ1n) is 5.81. The summed E-state index contributed by atoms with van der Waals surface area (Å²) in [6.45, 7) is 6.50. The maximum absolute atomic E-state index is 6.04. The lowest BCUT2D eigenvalue weighted by atomic mass is 9.65. The SMILES string of the molecule is CCC1C(N)CC1c1c(C)nn(C)c1C. The number of nitrogens with two attached hydrogens (primary N) is 1. The van der Waals surface area contributed by atoms with Gasteiger partial charge in [0, 0.05) is 18.8 Å². The van der Waals surface area contributed by atoms with Crippen LogP contribution in [0.3, 0.4) is 0 Å². The van der Waals surface area contributed by atoms with Crippen LogP contribution in [0.1, 0.15) is 42.6 Å². The lowest BCUT2D eigenvalue weighted by Crippen LogP contribution is -2.45. The van der Waals surface area contributed by atoms with Crippen LogP contribution >= 0.6 is 0 Å². The highest BCUT2D eigenvalue weighted by Gasteiger charge is 2.40. The Labute approximate surface area is 91.7 Å². The summed E-state index contributed by atoms with van der Waals surface area (Å²) in [7, 11) is 2.02. The Morgan fingerprint density at radius 3 is 2.53 bits per heavy atom. The second kappa shape index (κ2) is 3.63. The van der Waals surface area contributed by atoms with Crippen LogP contribution in [0, 0.1) is 19.8 Å². The monoisotopic (exact) mass is 207 g/mol.